The van der Waals surface area contributed by atoms with Gasteiger partial charge in [-0.3, -0.25) is 0 Å². The van der Waals surface area contributed by atoms with Crippen molar-refractivity contribution in [2.75, 3.05) is 37.6 Å². The van der Waals surface area contributed by atoms with E-state index in [2.05, 4.69) is 9.80 Å². The summed E-state index contributed by atoms with van der Waals surface area (Å²) in [6.45, 7) is 8.49. The second-order valence-corrected chi connectivity index (χ2v) is 5.22. The minimum Gasteiger partial charge on any atom is -0.367 e. The maximum absolute atomic E-state index is 13.9. The molecule has 18 heavy (non-hydrogen) atoms. The summed E-state index contributed by atoms with van der Waals surface area (Å²) in [6.07, 6.45) is 0. The van der Waals surface area contributed by atoms with Crippen molar-refractivity contribution in [1.29, 1.82) is 0 Å². The lowest BCUT2D eigenvalue weighted by atomic mass is 9.89. The van der Waals surface area contributed by atoms with Crippen LogP contribution in [0.2, 0.25) is 5.82 Å². The molecule has 0 aromatic heterocycles. The van der Waals surface area contributed by atoms with E-state index in [0.717, 1.165) is 44.0 Å². The van der Waals surface area contributed by atoms with Crippen LogP contribution < -0.4 is 4.90 Å². The predicted octanol–water partition coefficient (Wildman–Crippen LogP) is 2.23. The van der Waals surface area contributed by atoms with Gasteiger partial charge in [0.2, 0.25) is 0 Å². The number of halogens is 1. The zero-order valence-corrected chi connectivity index (χ0v) is 11.2. The van der Waals surface area contributed by atoms with Gasteiger partial charge in [-0.1, -0.05) is 18.8 Å². The number of rotatable bonds is 3. The van der Waals surface area contributed by atoms with Crippen LogP contribution in [0.25, 0.3) is 0 Å². The molecule has 0 spiro atoms. The average molecular weight is 246 g/mol. The average Bonchev–Trinajstić information content (AvgIpc) is 2.30. The van der Waals surface area contributed by atoms with Crippen molar-refractivity contribution in [3.63, 3.8) is 0 Å². The Morgan fingerprint density at radius 2 is 1.94 bits per heavy atom. The Morgan fingerprint density at radius 3 is 2.50 bits per heavy atom. The van der Waals surface area contributed by atoms with Crippen LogP contribution in [0.4, 0.5) is 10.1 Å². The molecule has 1 heterocycles. The Labute approximate surface area is 110 Å². The molecule has 1 saturated heterocycles. The maximum atomic E-state index is 13.9. The van der Waals surface area contributed by atoms with Gasteiger partial charge in [-0.15, -0.1) is 0 Å². The molecule has 1 unspecified atom stereocenters. The summed E-state index contributed by atoms with van der Waals surface area (Å²) in [5, 5.41) is 0. The Morgan fingerprint density at radius 1 is 1.28 bits per heavy atom. The lowest BCUT2D eigenvalue weighted by molar-refractivity contribution is 0.258. The molecule has 1 atom stereocenters. The first kappa shape index (κ1) is 13.4. The fraction of sp³-hybridized carbons (Fsp3) is 0.571. The standard InChI is InChI=1S/C14H20BFN2/c1-11-3-4-14(13(16)9-11)18-7-5-17(6-8-18)10-12(2)15/h3-4,9,12H,5-8,10H2,1-2H3. The third kappa shape index (κ3) is 3.25. The number of hydrogen-bond acceptors (Lipinski definition) is 2. The fourth-order valence-electron chi connectivity index (χ4n) is 2.45. The van der Waals surface area contributed by atoms with Gasteiger partial charge in [-0.25, -0.2) is 4.39 Å². The first-order chi connectivity index (χ1) is 8.56. The van der Waals surface area contributed by atoms with E-state index in [-0.39, 0.29) is 11.6 Å². The molecular weight excluding hydrogens is 226 g/mol. The van der Waals surface area contributed by atoms with Crippen LogP contribution in [0.1, 0.15) is 12.5 Å². The van der Waals surface area contributed by atoms with Crippen molar-refractivity contribution < 1.29 is 4.39 Å². The van der Waals surface area contributed by atoms with Gasteiger partial charge in [-0.2, -0.15) is 0 Å². The first-order valence-electron chi connectivity index (χ1n) is 6.55. The number of nitrogens with zero attached hydrogens (tertiary/aromatic N) is 2. The second-order valence-electron chi connectivity index (χ2n) is 5.22. The van der Waals surface area contributed by atoms with Crippen LogP contribution in [0.5, 0.6) is 0 Å². The summed E-state index contributed by atoms with van der Waals surface area (Å²) < 4.78 is 13.9. The van der Waals surface area contributed by atoms with E-state index in [4.69, 9.17) is 7.85 Å². The first-order valence-corrected chi connectivity index (χ1v) is 6.55. The van der Waals surface area contributed by atoms with E-state index < -0.39 is 0 Å². The number of piperazine rings is 1. The van der Waals surface area contributed by atoms with E-state index in [1.54, 1.807) is 6.07 Å². The van der Waals surface area contributed by atoms with Gasteiger partial charge in [-0.05, 0) is 31.2 Å². The minimum absolute atomic E-state index is 0.115. The third-order valence-electron chi connectivity index (χ3n) is 3.36. The van der Waals surface area contributed by atoms with Crippen molar-refractivity contribution >= 4 is 13.5 Å². The predicted molar refractivity (Wildman–Crippen MR) is 75.0 cm³/mol. The molecule has 0 aliphatic carbocycles. The van der Waals surface area contributed by atoms with Gasteiger partial charge < -0.3 is 9.80 Å². The third-order valence-corrected chi connectivity index (χ3v) is 3.36. The molecule has 1 aliphatic heterocycles. The molecule has 0 bridgehead atoms. The zero-order chi connectivity index (χ0) is 13.1. The molecule has 0 saturated carbocycles. The number of aryl methyl sites for hydroxylation is 1. The Kier molecular flexibility index (Phi) is 4.28. The summed E-state index contributed by atoms with van der Waals surface area (Å²) in [7, 11) is 5.79. The molecule has 2 radical (unpaired) electrons. The Bertz CT molecular complexity index is 401. The summed E-state index contributed by atoms with van der Waals surface area (Å²) >= 11 is 0. The largest absolute Gasteiger partial charge is 0.367 e. The highest BCUT2D eigenvalue weighted by atomic mass is 19.1. The van der Waals surface area contributed by atoms with E-state index in [0.29, 0.717) is 0 Å². The molecule has 0 N–H and O–H groups in total. The lowest BCUT2D eigenvalue weighted by Crippen LogP contribution is -2.47. The molecule has 96 valence electrons. The highest BCUT2D eigenvalue weighted by Gasteiger charge is 2.19. The quantitative estimate of drug-likeness (QED) is 0.754. The molecule has 1 aromatic carbocycles. The van der Waals surface area contributed by atoms with E-state index >= 15 is 0 Å². The van der Waals surface area contributed by atoms with Crippen LogP contribution in [0.3, 0.4) is 0 Å². The summed E-state index contributed by atoms with van der Waals surface area (Å²) in [6, 6.07) is 5.45. The van der Waals surface area contributed by atoms with Gasteiger partial charge in [0, 0.05) is 26.2 Å². The summed E-state index contributed by atoms with van der Waals surface area (Å²) in [5.41, 5.74) is 1.69. The van der Waals surface area contributed by atoms with Crippen molar-refractivity contribution in [3.8, 4) is 0 Å². The van der Waals surface area contributed by atoms with Crippen LogP contribution in [0.15, 0.2) is 18.2 Å². The van der Waals surface area contributed by atoms with Crippen molar-refractivity contribution in [3.05, 3.63) is 29.6 Å². The Hall–Kier alpha value is -1.03. The van der Waals surface area contributed by atoms with Crippen molar-refractivity contribution in [2.45, 2.75) is 19.7 Å². The van der Waals surface area contributed by atoms with Crippen molar-refractivity contribution in [2.24, 2.45) is 0 Å². The molecule has 2 rings (SSSR count). The molecule has 0 amide bonds. The van der Waals surface area contributed by atoms with Gasteiger partial charge in [0.05, 0.1) is 13.5 Å². The molecule has 1 aliphatic rings. The topological polar surface area (TPSA) is 6.48 Å². The van der Waals surface area contributed by atoms with Gasteiger partial charge in [0.15, 0.2) is 0 Å². The van der Waals surface area contributed by atoms with Crippen molar-refractivity contribution in [1.82, 2.24) is 4.90 Å². The lowest BCUT2D eigenvalue weighted by Gasteiger charge is -2.37. The molecule has 1 aromatic rings. The number of hydrogen-bond donors (Lipinski definition) is 0. The summed E-state index contributed by atoms with van der Waals surface area (Å²) in [4.78, 5) is 4.46. The SMILES string of the molecule is [B]C(C)CN1CCN(c2ccc(C)cc2F)CC1. The number of anilines is 1. The Balaban J connectivity index is 1.97. The highest BCUT2D eigenvalue weighted by Crippen LogP contribution is 2.22. The minimum atomic E-state index is -0.115. The van der Waals surface area contributed by atoms with E-state index in [9.17, 15) is 4.39 Å². The smallest absolute Gasteiger partial charge is 0.146 e. The summed E-state index contributed by atoms with van der Waals surface area (Å²) in [5.74, 6) is 0.0864. The number of benzene rings is 1. The fourth-order valence-corrected chi connectivity index (χ4v) is 2.45. The van der Waals surface area contributed by atoms with Crippen LogP contribution in [0, 0.1) is 12.7 Å². The second kappa shape index (κ2) is 5.74. The van der Waals surface area contributed by atoms with Crippen LogP contribution in [-0.2, 0) is 0 Å². The molecule has 1 fully saturated rings. The van der Waals surface area contributed by atoms with Crippen LogP contribution >= 0.6 is 0 Å². The van der Waals surface area contributed by atoms with Gasteiger partial charge in [0.1, 0.15) is 5.82 Å². The van der Waals surface area contributed by atoms with Gasteiger partial charge >= 0.3 is 0 Å². The van der Waals surface area contributed by atoms with E-state index in [1.807, 2.05) is 26.0 Å². The van der Waals surface area contributed by atoms with E-state index in [1.165, 1.54) is 0 Å². The zero-order valence-electron chi connectivity index (χ0n) is 11.2. The molecule has 2 nitrogen and oxygen atoms in total. The highest BCUT2D eigenvalue weighted by molar-refractivity contribution is 6.11. The normalized spacial score (nSPS) is 18.9. The molecular formula is C14H20BFN2. The van der Waals surface area contributed by atoms with Crippen LogP contribution in [-0.4, -0.2) is 45.5 Å². The van der Waals surface area contributed by atoms with Gasteiger partial charge in [0.25, 0.3) is 0 Å². The monoisotopic (exact) mass is 246 g/mol. The molecule has 4 heteroatoms. The maximum Gasteiger partial charge on any atom is 0.146 e.